The molecule has 0 spiro atoms. The highest BCUT2D eigenvalue weighted by molar-refractivity contribution is 6.00. The Labute approximate surface area is 98.2 Å². The molecule has 0 radical (unpaired) electrons. The van der Waals surface area contributed by atoms with Crippen LogP contribution in [0.15, 0.2) is 22.7 Å². The van der Waals surface area contributed by atoms with Gasteiger partial charge in [0.1, 0.15) is 5.52 Å². The third-order valence-electron chi connectivity index (χ3n) is 2.73. The average Bonchev–Trinajstić information content (AvgIpc) is 2.79. The quantitative estimate of drug-likeness (QED) is 0.729. The molecular formula is C12H14N4O. The van der Waals surface area contributed by atoms with E-state index in [2.05, 4.69) is 10.1 Å². The fraction of sp³-hybridized carbons (Fsp3) is 0.333. The number of aromatic nitrogens is 3. The molecule has 0 aliphatic carbocycles. The summed E-state index contributed by atoms with van der Waals surface area (Å²) in [5.41, 5.74) is 8.47. The van der Waals surface area contributed by atoms with E-state index in [1.54, 1.807) is 0 Å². The molecule has 0 saturated carbocycles. The van der Waals surface area contributed by atoms with Crippen molar-refractivity contribution in [1.82, 2.24) is 14.8 Å². The Morgan fingerprint density at radius 1 is 1.47 bits per heavy atom. The number of hydrogen-bond acceptors (Lipinski definition) is 4. The van der Waals surface area contributed by atoms with Gasteiger partial charge in [0.2, 0.25) is 0 Å². The minimum Gasteiger partial charge on any atom is -0.441 e. The molecule has 0 aliphatic rings. The summed E-state index contributed by atoms with van der Waals surface area (Å²) in [4.78, 5) is 4.41. The number of rotatable bonds is 2. The van der Waals surface area contributed by atoms with Crippen LogP contribution in [0.1, 0.15) is 12.8 Å². The highest BCUT2D eigenvalue weighted by Gasteiger charge is 2.12. The highest BCUT2D eigenvalue weighted by Crippen LogP contribution is 2.25. The molecule has 0 bridgehead atoms. The fourth-order valence-corrected chi connectivity index (χ4v) is 2.08. The van der Waals surface area contributed by atoms with Gasteiger partial charge in [-0.1, -0.05) is 0 Å². The third-order valence-corrected chi connectivity index (χ3v) is 2.73. The largest absolute Gasteiger partial charge is 0.441 e. The molecule has 1 aromatic carbocycles. The van der Waals surface area contributed by atoms with Crippen LogP contribution in [0.3, 0.4) is 0 Å². The number of oxazole rings is 1. The first-order valence-corrected chi connectivity index (χ1v) is 5.62. The van der Waals surface area contributed by atoms with Crippen LogP contribution in [0.5, 0.6) is 0 Å². The Morgan fingerprint density at radius 2 is 2.29 bits per heavy atom. The van der Waals surface area contributed by atoms with Crippen LogP contribution < -0.4 is 5.73 Å². The van der Waals surface area contributed by atoms with E-state index in [1.165, 1.54) is 0 Å². The number of benzene rings is 1. The molecule has 2 aromatic heterocycles. The molecule has 0 amide bonds. The second-order valence-corrected chi connectivity index (χ2v) is 4.39. The average molecular weight is 230 g/mol. The SMILES string of the molecule is Cc1nc2c(ccc3cnn(C[C@H](C)N)c32)o1. The van der Waals surface area contributed by atoms with Gasteiger partial charge >= 0.3 is 0 Å². The summed E-state index contributed by atoms with van der Waals surface area (Å²) in [6, 6.07) is 3.98. The number of aryl methyl sites for hydroxylation is 1. The molecule has 1 atom stereocenters. The van der Waals surface area contributed by atoms with E-state index < -0.39 is 0 Å². The fourth-order valence-electron chi connectivity index (χ4n) is 2.08. The van der Waals surface area contributed by atoms with Crippen LogP contribution >= 0.6 is 0 Å². The van der Waals surface area contributed by atoms with Gasteiger partial charge < -0.3 is 10.2 Å². The second-order valence-electron chi connectivity index (χ2n) is 4.39. The van der Waals surface area contributed by atoms with Crippen molar-refractivity contribution in [3.05, 3.63) is 24.2 Å². The summed E-state index contributed by atoms with van der Waals surface area (Å²) >= 11 is 0. The van der Waals surface area contributed by atoms with Crippen LogP contribution in [0.4, 0.5) is 0 Å². The molecule has 2 heterocycles. The lowest BCUT2D eigenvalue weighted by molar-refractivity contribution is 0.554. The first-order valence-electron chi connectivity index (χ1n) is 5.62. The molecule has 5 heteroatoms. The molecule has 0 fully saturated rings. The Morgan fingerprint density at radius 3 is 3.06 bits per heavy atom. The van der Waals surface area contributed by atoms with Crippen molar-refractivity contribution < 1.29 is 4.42 Å². The van der Waals surface area contributed by atoms with Gasteiger partial charge in [-0.15, -0.1) is 0 Å². The van der Waals surface area contributed by atoms with Crippen molar-refractivity contribution in [1.29, 1.82) is 0 Å². The van der Waals surface area contributed by atoms with Crippen molar-refractivity contribution in [2.45, 2.75) is 26.4 Å². The van der Waals surface area contributed by atoms with Crippen molar-refractivity contribution in [3.8, 4) is 0 Å². The van der Waals surface area contributed by atoms with Crippen molar-refractivity contribution in [3.63, 3.8) is 0 Å². The third kappa shape index (κ3) is 1.59. The van der Waals surface area contributed by atoms with E-state index in [-0.39, 0.29) is 6.04 Å². The lowest BCUT2D eigenvalue weighted by atomic mass is 10.2. The Kier molecular flexibility index (Phi) is 2.16. The zero-order valence-corrected chi connectivity index (χ0v) is 9.84. The minimum atomic E-state index is 0.0568. The number of nitrogens with zero attached hydrogens (tertiary/aromatic N) is 3. The zero-order chi connectivity index (χ0) is 12.0. The molecule has 0 aliphatic heterocycles. The standard InChI is InChI=1S/C12H14N4O/c1-7(13)6-16-12-9(5-14-16)3-4-10-11(12)15-8(2)17-10/h3-5,7H,6,13H2,1-2H3/t7-/m0/s1. The smallest absolute Gasteiger partial charge is 0.192 e. The molecule has 2 N–H and O–H groups in total. The van der Waals surface area contributed by atoms with Gasteiger partial charge in [-0.2, -0.15) is 5.10 Å². The van der Waals surface area contributed by atoms with Gasteiger partial charge in [-0.25, -0.2) is 4.98 Å². The normalized spacial score (nSPS) is 13.6. The van der Waals surface area contributed by atoms with Crippen molar-refractivity contribution in [2.75, 3.05) is 0 Å². The van der Waals surface area contributed by atoms with Gasteiger partial charge in [0, 0.05) is 18.4 Å². The van der Waals surface area contributed by atoms with Crippen LogP contribution in [0.2, 0.25) is 0 Å². The van der Waals surface area contributed by atoms with Gasteiger partial charge in [0.15, 0.2) is 11.5 Å². The van der Waals surface area contributed by atoms with Crippen molar-refractivity contribution >= 4 is 22.0 Å². The first kappa shape index (κ1) is 10.3. The summed E-state index contributed by atoms with van der Waals surface area (Å²) in [6.07, 6.45) is 1.83. The molecular weight excluding hydrogens is 216 g/mol. The monoisotopic (exact) mass is 230 g/mol. The summed E-state index contributed by atoms with van der Waals surface area (Å²) in [6.45, 7) is 4.48. The highest BCUT2D eigenvalue weighted by atomic mass is 16.3. The van der Waals surface area contributed by atoms with Crippen LogP contribution in [-0.2, 0) is 6.54 Å². The van der Waals surface area contributed by atoms with Crippen LogP contribution in [-0.4, -0.2) is 20.8 Å². The molecule has 3 aromatic rings. The van der Waals surface area contributed by atoms with E-state index >= 15 is 0 Å². The van der Waals surface area contributed by atoms with E-state index in [0.29, 0.717) is 12.4 Å². The van der Waals surface area contributed by atoms with Gasteiger partial charge in [0.25, 0.3) is 0 Å². The predicted molar refractivity (Wildman–Crippen MR) is 65.7 cm³/mol. The zero-order valence-electron chi connectivity index (χ0n) is 9.84. The Balaban J connectivity index is 2.33. The van der Waals surface area contributed by atoms with Crippen molar-refractivity contribution in [2.24, 2.45) is 5.73 Å². The summed E-state index contributed by atoms with van der Waals surface area (Å²) in [5, 5.41) is 5.41. The van der Waals surface area contributed by atoms with E-state index in [1.807, 2.05) is 36.9 Å². The number of fused-ring (bicyclic) bond motifs is 3. The lowest BCUT2D eigenvalue weighted by Crippen LogP contribution is -2.22. The molecule has 17 heavy (non-hydrogen) atoms. The minimum absolute atomic E-state index is 0.0568. The van der Waals surface area contributed by atoms with Crippen LogP contribution in [0, 0.1) is 6.92 Å². The molecule has 0 saturated heterocycles. The summed E-state index contributed by atoms with van der Waals surface area (Å²) in [7, 11) is 0. The first-order chi connectivity index (χ1) is 8.15. The molecule has 88 valence electrons. The van der Waals surface area contributed by atoms with E-state index in [4.69, 9.17) is 10.2 Å². The maximum atomic E-state index is 5.82. The summed E-state index contributed by atoms with van der Waals surface area (Å²) < 4.78 is 7.42. The topological polar surface area (TPSA) is 69.9 Å². The summed E-state index contributed by atoms with van der Waals surface area (Å²) in [5.74, 6) is 0.668. The van der Waals surface area contributed by atoms with E-state index in [9.17, 15) is 0 Å². The molecule has 3 rings (SSSR count). The van der Waals surface area contributed by atoms with Gasteiger partial charge in [-0.05, 0) is 19.1 Å². The maximum absolute atomic E-state index is 5.82. The van der Waals surface area contributed by atoms with Crippen LogP contribution in [0.25, 0.3) is 22.0 Å². The Bertz CT molecular complexity index is 680. The van der Waals surface area contributed by atoms with Gasteiger partial charge in [-0.3, -0.25) is 4.68 Å². The number of nitrogens with two attached hydrogens (primary N) is 1. The lowest BCUT2D eigenvalue weighted by Gasteiger charge is -2.06. The molecule has 5 nitrogen and oxygen atoms in total. The van der Waals surface area contributed by atoms with E-state index in [0.717, 1.165) is 22.0 Å². The van der Waals surface area contributed by atoms with Gasteiger partial charge in [0.05, 0.1) is 18.3 Å². The Hall–Kier alpha value is -1.88. The molecule has 0 unspecified atom stereocenters. The predicted octanol–water partition coefficient (Wildman–Crippen LogP) is 1.83. The maximum Gasteiger partial charge on any atom is 0.192 e. The second kappa shape index (κ2) is 3.56. The number of hydrogen-bond donors (Lipinski definition) is 1.